The van der Waals surface area contributed by atoms with Crippen molar-refractivity contribution < 1.29 is 13.2 Å². The van der Waals surface area contributed by atoms with E-state index in [0.29, 0.717) is 28.6 Å². The zero-order valence-electron chi connectivity index (χ0n) is 11.3. The van der Waals surface area contributed by atoms with E-state index in [2.05, 4.69) is 26.1 Å². The van der Waals surface area contributed by atoms with Gasteiger partial charge in [0.1, 0.15) is 0 Å². The molecule has 1 N–H and O–H groups in total. The highest BCUT2D eigenvalue weighted by molar-refractivity contribution is 9.10. The number of nitrogens with one attached hydrogen (secondary N) is 1. The number of alkyl halides is 3. The van der Waals surface area contributed by atoms with Crippen LogP contribution in [-0.2, 0) is 12.7 Å². The fourth-order valence-electron chi connectivity index (χ4n) is 1.95. The molecule has 0 spiro atoms. The van der Waals surface area contributed by atoms with E-state index in [1.54, 1.807) is 10.6 Å². The van der Waals surface area contributed by atoms with Crippen molar-refractivity contribution in [3.05, 3.63) is 33.0 Å². The molecule has 0 fully saturated rings. The van der Waals surface area contributed by atoms with E-state index in [9.17, 15) is 13.2 Å². The monoisotopic (exact) mass is 379 g/mol. The lowest BCUT2D eigenvalue weighted by Crippen LogP contribution is -2.09. The average Bonchev–Trinajstić information content (AvgIpc) is 2.70. The first-order valence-corrected chi connectivity index (χ1v) is 7.42. The quantitative estimate of drug-likeness (QED) is 0.757. The van der Waals surface area contributed by atoms with Crippen molar-refractivity contribution in [2.75, 3.05) is 0 Å². The summed E-state index contributed by atoms with van der Waals surface area (Å²) in [6.07, 6.45) is -4.43. The van der Waals surface area contributed by atoms with Crippen LogP contribution in [0.4, 0.5) is 13.2 Å². The molecule has 114 valence electrons. The van der Waals surface area contributed by atoms with Gasteiger partial charge in [-0.2, -0.15) is 18.3 Å². The highest BCUT2D eigenvalue weighted by Gasteiger charge is 2.33. The molecule has 0 saturated carbocycles. The van der Waals surface area contributed by atoms with Crippen LogP contribution in [0, 0.1) is 10.7 Å². The van der Waals surface area contributed by atoms with Crippen molar-refractivity contribution >= 4 is 28.1 Å². The van der Waals surface area contributed by atoms with Crippen LogP contribution in [-0.4, -0.2) is 14.8 Å². The van der Waals surface area contributed by atoms with Gasteiger partial charge in [0, 0.05) is 16.6 Å². The largest absolute Gasteiger partial charge is 0.417 e. The molecule has 2 rings (SSSR count). The Balaban J connectivity index is 2.56. The first-order chi connectivity index (χ1) is 9.70. The molecule has 0 radical (unpaired) electrons. The van der Waals surface area contributed by atoms with Gasteiger partial charge in [-0.15, -0.1) is 0 Å². The van der Waals surface area contributed by atoms with E-state index in [0.717, 1.165) is 6.07 Å². The Morgan fingerprint density at radius 3 is 2.62 bits per heavy atom. The molecule has 0 aliphatic heterocycles. The predicted molar refractivity (Wildman–Crippen MR) is 80.4 cm³/mol. The number of hydrogen-bond acceptors (Lipinski definition) is 2. The van der Waals surface area contributed by atoms with Crippen LogP contribution in [0.5, 0.6) is 0 Å². The summed E-state index contributed by atoms with van der Waals surface area (Å²) in [6, 6.07) is 4.03. The fraction of sp³-hybridized carbons (Fsp3) is 0.385. The molecule has 2 aromatic rings. The molecule has 0 atom stereocenters. The molecule has 0 bridgehead atoms. The maximum Gasteiger partial charge on any atom is 0.417 e. The lowest BCUT2D eigenvalue weighted by atomic mass is 10.1. The second-order valence-corrected chi connectivity index (χ2v) is 6.29. The van der Waals surface area contributed by atoms with Gasteiger partial charge < -0.3 is 0 Å². The summed E-state index contributed by atoms with van der Waals surface area (Å²) in [5.74, 6) is 0.706. The summed E-state index contributed by atoms with van der Waals surface area (Å²) < 4.78 is 41.0. The molecular weight excluding hydrogens is 367 g/mol. The van der Waals surface area contributed by atoms with Crippen LogP contribution in [0.2, 0.25) is 0 Å². The molecule has 3 nitrogen and oxygen atoms in total. The molecule has 0 aliphatic carbocycles. The van der Waals surface area contributed by atoms with E-state index in [4.69, 9.17) is 12.2 Å². The third-order valence-electron chi connectivity index (χ3n) is 2.84. The third kappa shape index (κ3) is 3.55. The number of benzene rings is 1. The molecule has 1 aromatic carbocycles. The Hall–Kier alpha value is -1.15. The number of aromatic nitrogens is 3. The molecule has 0 saturated heterocycles. The van der Waals surface area contributed by atoms with E-state index < -0.39 is 11.7 Å². The Kier molecular flexibility index (Phi) is 4.57. The van der Waals surface area contributed by atoms with Gasteiger partial charge in [0.2, 0.25) is 0 Å². The van der Waals surface area contributed by atoms with Gasteiger partial charge in [-0.25, -0.2) is 0 Å². The van der Waals surface area contributed by atoms with E-state index >= 15 is 0 Å². The Bertz CT molecular complexity index is 703. The van der Waals surface area contributed by atoms with E-state index in [1.807, 2.05) is 13.8 Å². The fourth-order valence-corrected chi connectivity index (χ4v) is 2.63. The van der Waals surface area contributed by atoms with Gasteiger partial charge in [0.15, 0.2) is 10.6 Å². The summed E-state index contributed by atoms with van der Waals surface area (Å²) in [7, 11) is 0. The number of aromatic amines is 1. The van der Waals surface area contributed by atoms with Crippen LogP contribution in [0.15, 0.2) is 22.7 Å². The Morgan fingerprint density at radius 1 is 1.38 bits per heavy atom. The standard InChI is InChI=1S/C13H13BrF3N3S/c1-7(2)6-20-11(18-19-12(20)21)8-3-4-10(14)9(5-8)13(15,16)17/h3-5,7H,6H2,1-2H3,(H,19,21). The smallest absolute Gasteiger partial charge is 0.300 e. The molecular formula is C13H13BrF3N3S. The second-order valence-electron chi connectivity index (χ2n) is 5.05. The number of rotatable bonds is 3. The third-order valence-corrected chi connectivity index (χ3v) is 3.84. The zero-order valence-corrected chi connectivity index (χ0v) is 13.7. The summed E-state index contributed by atoms with van der Waals surface area (Å²) in [5, 5.41) is 6.69. The van der Waals surface area contributed by atoms with Gasteiger partial charge in [0.05, 0.1) is 5.56 Å². The van der Waals surface area contributed by atoms with Crippen molar-refractivity contribution in [1.29, 1.82) is 0 Å². The lowest BCUT2D eigenvalue weighted by Gasteiger charge is -2.13. The van der Waals surface area contributed by atoms with Crippen LogP contribution in [0.1, 0.15) is 19.4 Å². The van der Waals surface area contributed by atoms with Crippen molar-refractivity contribution in [2.24, 2.45) is 5.92 Å². The number of hydrogen-bond donors (Lipinski definition) is 1. The van der Waals surface area contributed by atoms with Gasteiger partial charge >= 0.3 is 6.18 Å². The Morgan fingerprint density at radius 2 is 2.05 bits per heavy atom. The van der Waals surface area contributed by atoms with Gasteiger partial charge in [-0.1, -0.05) is 35.8 Å². The molecule has 21 heavy (non-hydrogen) atoms. The maximum absolute atomic E-state index is 13.0. The predicted octanol–water partition coefficient (Wildman–Crippen LogP) is 5.04. The first-order valence-electron chi connectivity index (χ1n) is 6.22. The molecule has 8 heteroatoms. The molecule has 0 unspecified atom stereocenters. The number of H-pyrrole nitrogens is 1. The topological polar surface area (TPSA) is 33.6 Å². The summed E-state index contributed by atoms with van der Waals surface area (Å²) in [4.78, 5) is 0. The van der Waals surface area contributed by atoms with Gasteiger partial charge in [-0.05, 0) is 30.3 Å². The minimum Gasteiger partial charge on any atom is -0.300 e. The highest BCUT2D eigenvalue weighted by atomic mass is 79.9. The highest BCUT2D eigenvalue weighted by Crippen LogP contribution is 2.37. The summed E-state index contributed by atoms with van der Waals surface area (Å²) in [5.41, 5.74) is -0.358. The van der Waals surface area contributed by atoms with Crippen molar-refractivity contribution in [1.82, 2.24) is 14.8 Å². The number of nitrogens with zero attached hydrogens (tertiary/aromatic N) is 2. The normalized spacial score (nSPS) is 12.1. The van der Waals surface area contributed by atoms with Gasteiger partial charge in [-0.3, -0.25) is 9.67 Å². The minimum atomic E-state index is -4.43. The average molecular weight is 380 g/mol. The lowest BCUT2D eigenvalue weighted by molar-refractivity contribution is -0.138. The van der Waals surface area contributed by atoms with E-state index in [1.165, 1.54) is 6.07 Å². The minimum absolute atomic E-state index is 0.00305. The first kappa shape index (κ1) is 16.2. The van der Waals surface area contributed by atoms with Gasteiger partial charge in [0.25, 0.3) is 0 Å². The van der Waals surface area contributed by atoms with Crippen LogP contribution < -0.4 is 0 Å². The molecule has 1 heterocycles. The molecule has 0 amide bonds. The summed E-state index contributed by atoms with van der Waals surface area (Å²) in [6.45, 7) is 4.59. The molecule has 0 aliphatic rings. The Labute approximate surface area is 133 Å². The van der Waals surface area contributed by atoms with Crippen LogP contribution in [0.25, 0.3) is 11.4 Å². The second kappa shape index (κ2) is 5.92. The maximum atomic E-state index is 13.0. The van der Waals surface area contributed by atoms with Crippen molar-refractivity contribution in [3.8, 4) is 11.4 Å². The SMILES string of the molecule is CC(C)Cn1c(-c2ccc(Br)c(C(F)(F)F)c2)n[nH]c1=S. The zero-order chi connectivity index (χ0) is 15.8. The van der Waals surface area contributed by atoms with Crippen molar-refractivity contribution in [2.45, 2.75) is 26.6 Å². The van der Waals surface area contributed by atoms with Crippen molar-refractivity contribution in [3.63, 3.8) is 0 Å². The van der Waals surface area contributed by atoms with Crippen LogP contribution in [0.3, 0.4) is 0 Å². The number of halogens is 4. The van der Waals surface area contributed by atoms with E-state index in [-0.39, 0.29) is 4.47 Å². The molecule has 1 aromatic heterocycles. The van der Waals surface area contributed by atoms with Crippen LogP contribution >= 0.6 is 28.1 Å². The summed E-state index contributed by atoms with van der Waals surface area (Å²) >= 11 is 8.06.